The zero-order chi connectivity index (χ0) is 14.5. The van der Waals surface area contributed by atoms with Gasteiger partial charge in [0.25, 0.3) is 0 Å². The summed E-state index contributed by atoms with van der Waals surface area (Å²) in [5, 5.41) is 11.7. The van der Waals surface area contributed by atoms with Crippen LogP contribution in [0.4, 0.5) is 10.9 Å². The predicted molar refractivity (Wildman–Crippen MR) is 83.8 cm³/mol. The maximum atomic E-state index is 4.41. The molecule has 2 aromatic rings. The lowest BCUT2D eigenvalue weighted by Gasteiger charge is -2.31. The molecule has 2 aromatic heterocycles. The van der Waals surface area contributed by atoms with E-state index in [1.807, 2.05) is 6.07 Å². The minimum absolute atomic E-state index is 0.697. The van der Waals surface area contributed by atoms with Crippen molar-refractivity contribution in [2.75, 3.05) is 25.0 Å². The Kier molecular flexibility index (Phi) is 4.72. The molecule has 1 fully saturated rings. The normalized spacial score (nSPS) is 19.6. The van der Waals surface area contributed by atoms with Crippen LogP contribution in [-0.2, 0) is 6.42 Å². The van der Waals surface area contributed by atoms with Crippen LogP contribution in [0.15, 0.2) is 17.9 Å². The van der Waals surface area contributed by atoms with Crippen LogP contribution in [0.2, 0.25) is 0 Å². The molecule has 112 valence electrons. The Morgan fingerprint density at radius 1 is 1.43 bits per heavy atom. The lowest BCUT2D eigenvalue weighted by atomic mass is 9.93. The first kappa shape index (κ1) is 14.3. The highest BCUT2D eigenvalue weighted by Gasteiger charge is 2.19. The Morgan fingerprint density at radius 2 is 2.38 bits per heavy atom. The van der Waals surface area contributed by atoms with Crippen molar-refractivity contribution >= 4 is 22.3 Å². The summed E-state index contributed by atoms with van der Waals surface area (Å²) in [6, 6.07) is 2.02. The summed E-state index contributed by atoms with van der Waals surface area (Å²) < 4.78 is 0. The maximum absolute atomic E-state index is 4.41. The molecule has 0 unspecified atom stereocenters. The van der Waals surface area contributed by atoms with Crippen LogP contribution in [0, 0.1) is 5.92 Å². The van der Waals surface area contributed by atoms with Crippen molar-refractivity contribution in [1.29, 1.82) is 0 Å². The lowest BCUT2D eigenvalue weighted by molar-refractivity contribution is 0.181. The first-order chi connectivity index (χ1) is 10.3. The van der Waals surface area contributed by atoms with Gasteiger partial charge in [-0.1, -0.05) is 18.3 Å². The molecule has 1 aliphatic heterocycles. The van der Waals surface area contributed by atoms with Gasteiger partial charge in [0.1, 0.15) is 17.7 Å². The topological polar surface area (TPSA) is 66.8 Å². The van der Waals surface area contributed by atoms with Gasteiger partial charge in [-0.15, -0.1) is 10.2 Å². The Bertz CT molecular complexity index is 558. The van der Waals surface area contributed by atoms with Crippen molar-refractivity contribution in [3.63, 3.8) is 0 Å². The van der Waals surface area contributed by atoms with Crippen LogP contribution >= 0.6 is 11.3 Å². The molecule has 0 spiro atoms. The first-order valence-corrected chi connectivity index (χ1v) is 8.28. The van der Waals surface area contributed by atoms with Gasteiger partial charge in [0.05, 0.1) is 0 Å². The van der Waals surface area contributed by atoms with Crippen molar-refractivity contribution in [2.24, 2.45) is 5.92 Å². The third-order valence-corrected chi connectivity index (χ3v) is 4.47. The summed E-state index contributed by atoms with van der Waals surface area (Å²) in [7, 11) is 0. The SMILES string of the molecule is CCN1CCC[C@@H](Cc2cc(Nc3nncs3)ncn2)C1. The highest BCUT2D eigenvalue weighted by atomic mass is 32.1. The monoisotopic (exact) mass is 304 g/mol. The molecule has 3 rings (SSSR count). The quantitative estimate of drug-likeness (QED) is 0.914. The molecule has 7 heteroatoms. The molecule has 0 bridgehead atoms. The zero-order valence-electron chi connectivity index (χ0n) is 12.2. The zero-order valence-corrected chi connectivity index (χ0v) is 13.0. The molecule has 0 amide bonds. The molecular formula is C14H20N6S. The van der Waals surface area contributed by atoms with Gasteiger partial charge in [-0.05, 0) is 38.3 Å². The van der Waals surface area contributed by atoms with Gasteiger partial charge in [0, 0.05) is 18.3 Å². The lowest BCUT2D eigenvalue weighted by Crippen LogP contribution is -2.36. The number of nitrogens with one attached hydrogen (secondary N) is 1. The van der Waals surface area contributed by atoms with Crippen LogP contribution in [-0.4, -0.2) is 44.7 Å². The van der Waals surface area contributed by atoms with Crippen LogP contribution < -0.4 is 5.32 Å². The van der Waals surface area contributed by atoms with E-state index < -0.39 is 0 Å². The van der Waals surface area contributed by atoms with E-state index in [0.717, 1.165) is 29.6 Å². The molecule has 0 aliphatic carbocycles. The summed E-state index contributed by atoms with van der Waals surface area (Å²) in [6.45, 7) is 5.79. The van der Waals surface area contributed by atoms with E-state index >= 15 is 0 Å². The maximum Gasteiger partial charge on any atom is 0.210 e. The standard InChI is InChI=1S/C14H20N6S/c1-2-20-5-3-4-11(8-20)6-12-7-13(16-9-15-12)18-14-19-17-10-21-14/h7,9-11H,2-6,8H2,1H3,(H,15,16,18,19)/t11-/m0/s1. The van der Waals surface area contributed by atoms with Crippen molar-refractivity contribution in [2.45, 2.75) is 26.2 Å². The van der Waals surface area contributed by atoms with E-state index in [2.05, 4.69) is 37.3 Å². The average molecular weight is 304 g/mol. The second kappa shape index (κ2) is 6.91. The summed E-state index contributed by atoms with van der Waals surface area (Å²) >= 11 is 1.46. The summed E-state index contributed by atoms with van der Waals surface area (Å²) in [5.41, 5.74) is 2.80. The third-order valence-electron chi connectivity index (χ3n) is 3.87. The molecule has 6 nitrogen and oxygen atoms in total. The molecular weight excluding hydrogens is 284 g/mol. The van der Waals surface area contributed by atoms with Crippen molar-refractivity contribution in [3.05, 3.63) is 23.6 Å². The molecule has 1 N–H and O–H groups in total. The fraction of sp³-hybridized carbons (Fsp3) is 0.571. The van der Waals surface area contributed by atoms with Crippen LogP contribution in [0.25, 0.3) is 0 Å². The molecule has 1 aliphatic rings. The minimum Gasteiger partial charge on any atom is -0.315 e. The van der Waals surface area contributed by atoms with Gasteiger partial charge in [-0.3, -0.25) is 0 Å². The number of nitrogens with zero attached hydrogens (tertiary/aromatic N) is 5. The summed E-state index contributed by atoms with van der Waals surface area (Å²) in [6.07, 6.45) is 5.22. The molecule has 0 saturated carbocycles. The number of hydrogen-bond acceptors (Lipinski definition) is 7. The fourth-order valence-electron chi connectivity index (χ4n) is 2.82. The molecule has 0 radical (unpaired) electrons. The highest BCUT2D eigenvalue weighted by Crippen LogP contribution is 2.21. The Labute approximate surface area is 128 Å². The largest absolute Gasteiger partial charge is 0.315 e. The number of likely N-dealkylation sites (tertiary alicyclic amines) is 1. The van der Waals surface area contributed by atoms with Gasteiger partial charge in [-0.2, -0.15) is 0 Å². The Morgan fingerprint density at radius 3 is 3.19 bits per heavy atom. The third kappa shape index (κ3) is 3.95. The fourth-order valence-corrected chi connectivity index (χ4v) is 3.27. The summed E-state index contributed by atoms with van der Waals surface area (Å²) in [4.78, 5) is 11.2. The smallest absolute Gasteiger partial charge is 0.210 e. The second-order valence-electron chi connectivity index (χ2n) is 5.37. The number of piperidine rings is 1. The molecule has 21 heavy (non-hydrogen) atoms. The van der Waals surface area contributed by atoms with Gasteiger partial charge in [-0.25, -0.2) is 9.97 Å². The summed E-state index contributed by atoms with van der Waals surface area (Å²) in [5.74, 6) is 1.49. The Balaban J connectivity index is 1.63. The van der Waals surface area contributed by atoms with Gasteiger partial charge >= 0.3 is 0 Å². The average Bonchev–Trinajstić information content (AvgIpc) is 3.01. The molecule has 3 heterocycles. The number of rotatable bonds is 5. The molecule has 1 saturated heterocycles. The highest BCUT2D eigenvalue weighted by molar-refractivity contribution is 7.13. The van der Waals surface area contributed by atoms with E-state index in [4.69, 9.17) is 0 Å². The van der Waals surface area contributed by atoms with Crippen molar-refractivity contribution in [1.82, 2.24) is 25.1 Å². The van der Waals surface area contributed by atoms with E-state index in [0.29, 0.717) is 5.92 Å². The molecule has 0 aromatic carbocycles. The van der Waals surface area contributed by atoms with Gasteiger partial charge in [0.2, 0.25) is 5.13 Å². The van der Waals surface area contributed by atoms with E-state index in [1.165, 1.54) is 37.3 Å². The first-order valence-electron chi connectivity index (χ1n) is 7.40. The van der Waals surface area contributed by atoms with Crippen LogP contribution in [0.1, 0.15) is 25.5 Å². The minimum atomic E-state index is 0.697. The number of hydrogen-bond donors (Lipinski definition) is 1. The van der Waals surface area contributed by atoms with Crippen molar-refractivity contribution in [3.8, 4) is 0 Å². The van der Waals surface area contributed by atoms with E-state index in [1.54, 1.807) is 11.8 Å². The van der Waals surface area contributed by atoms with Gasteiger partial charge < -0.3 is 10.2 Å². The Hall–Kier alpha value is -1.60. The van der Waals surface area contributed by atoms with E-state index in [-0.39, 0.29) is 0 Å². The van der Waals surface area contributed by atoms with E-state index in [9.17, 15) is 0 Å². The van der Waals surface area contributed by atoms with Gasteiger partial charge in [0.15, 0.2) is 0 Å². The van der Waals surface area contributed by atoms with Crippen LogP contribution in [0.5, 0.6) is 0 Å². The predicted octanol–water partition coefficient (Wildman–Crippen LogP) is 2.35. The molecule has 1 atom stereocenters. The van der Waals surface area contributed by atoms with Crippen molar-refractivity contribution < 1.29 is 0 Å². The van der Waals surface area contributed by atoms with Crippen LogP contribution in [0.3, 0.4) is 0 Å². The second-order valence-corrected chi connectivity index (χ2v) is 6.20. The number of aromatic nitrogens is 4. The number of anilines is 2.